The molecule has 1 N–H and O–H groups in total. The first-order valence-electron chi connectivity index (χ1n) is 6.94. The average Bonchev–Trinajstić information content (AvgIpc) is 2.56. The molecule has 1 aliphatic rings. The van der Waals surface area contributed by atoms with Gasteiger partial charge in [-0.05, 0) is 17.7 Å². The Kier molecular flexibility index (Phi) is 3.86. The number of aromatic nitrogens is 2. The summed E-state index contributed by atoms with van der Waals surface area (Å²) >= 11 is 0. The lowest BCUT2D eigenvalue weighted by Gasteiger charge is -2.33. The maximum atomic E-state index is 12.9. The van der Waals surface area contributed by atoms with Gasteiger partial charge in [0.15, 0.2) is 0 Å². The van der Waals surface area contributed by atoms with E-state index in [2.05, 4.69) is 9.97 Å². The molecule has 0 radical (unpaired) electrons. The Morgan fingerprint density at radius 3 is 2.14 bits per heavy atom. The van der Waals surface area contributed by atoms with Gasteiger partial charge in [-0.15, -0.1) is 0 Å². The summed E-state index contributed by atoms with van der Waals surface area (Å²) in [5.41, 5.74) is 1.66. The van der Waals surface area contributed by atoms with Crippen LogP contribution in [0.4, 0.5) is 15.1 Å². The monoisotopic (exact) mass is 302 g/mol. The van der Waals surface area contributed by atoms with Crippen molar-refractivity contribution in [1.29, 1.82) is 0 Å². The van der Waals surface area contributed by atoms with E-state index in [1.165, 1.54) is 17.0 Å². The van der Waals surface area contributed by atoms with E-state index in [9.17, 15) is 9.18 Å². The van der Waals surface area contributed by atoms with Crippen LogP contribution in [0.2, 0.25) is 0 Å². The van der Waals surface area contributed by atoms with Crippen molar-refractivity contribution in [2.24, 2.45) is 0 Å². The summed E-state index contributed by atoms with van der Waals surface area (Å²) in [6.07, 6.45) is 2.49. The normalized spacial score (nSPS) is 15.0. The number of nitrogens with zero attached hydrogens (tertiary/aromatic N) is 4. The van der Waals surface area contributed by atoms with Gasteiger partial charge < -0.3 is 14.9 Å². The number of piperazine rings is 1. The smallest absolute Gasteiger partial charge is 0.407 e. The van der Waals surface area contributed by atoms with Gasteiger partial charge in [-0.1, -0.05) is 12.1 Å². The third kappa shape index (κ3) is 2.98. The fourth-order valence-corrected chi connectivity index (χ4v) is 2.37. The van der Waals surface area contributed by atoms with Gasteiger partial charge in [-0.25, -0.2) is 19.2 Å². The Bertz CT molecular complexity index is 652. The predicted octanol–water partition coefficient (Wildman–Crippen LogP) is 2.08. The number of anilines is 1. The third-order valence-electron chi connectivity index (χ3n) is 3.65. The highest BCUT2D eigenvalue weighted by molar-refractivity contribution is 5.65. The van der Waals surface area contributed by atoms with Gasteiger partial charge >= 0.3 is 6.09 Å². The number of hydrogen-bond acceptors (Lipinski definition) is 4. The molecule has 1 aliphatic heterocycles. The molecule has 1 saturated heterocycles. The molecule has 2 aromatic rings. The van der Waals surface area contributed by atoms with Gasteiger partial charge in [-0.2, -0.15) is 0 Å². The van der Waals surface area contributed by atoms with Crippen molar-refractivity contribution in [3.8, 4) is 11.1 Å². The molecule has 0 saturated carbocycles. The summed E-state index contributed by atoms with van der Waals surface area (Å²) in [5, 5.41) is 8.93. The molecule has 0 unspecified atom stereocenters. The van der Waals surface area contributed by atoms with Crippen molar-refractivity contribution >= 4 is 12.0 Å². The Morgan fingerprint density at radius 2 is 1.59 bits per heavy atom. The van der Waals surface area contributed by atoms with Crippen LogP contribution >= 0.6 is 0 Å². The van der Waals surface area contributed by atoms with Gasteiger partial charge in [-0.3, -0.25) is 0 Å². The topological polar surface area (TPSA) is 69.6 Å². The summed E-state index contributed by atoms with van der Waals surface area (Å²) in [6, 6.07) is 6.15. The molecule has 2 heterocycles. The van der Waals surface area contributed by atoms with Crippen LogP contribution in [-0.2, 0) is 0 Å². The van der Waals surface area contributed by atoms with Gasteiger partial charge in [0.2, 0.25) is 5.95 Å². The van der Waals surface area contributed by atoms with Crippen LogP contribution in [0.1, 0.15) is 0 Å². The van der Waals surface area contributed by atoms with Crippen molar-refractivity contribution in [2.45, 2.75) is 0 Å². The van der Waals surface area contributed by atoms with E-state index in [-0.39, 0.29) is 5.82 Å². The second-order valence-corrected chi connectivity index (χ2v) is 5.04. The molecule has 1 fully saturated rings. The summed E-state index contributed by atoms with van der Waals surface area (Å²) in [6.45, 7) is 2.03. The molecule has 7 heteroatoms. The van der Waals surface area contributed by atoms with E-state index in [0.29, 0.717) is 32.1 Å². The molecule has 0 bridgehead atoms. The summed E-state index contributed by atoms with van der Waals surface area (Å²) in [5.74, 6) is 0.300. The zero-order valence-corrected chi connectivity index (χ0v) is 11.8. The number of halogens is 1. The van der Waals surface area contributed by atoms with Crippen LogP contribution < -0.4 is 4.90 Å². The van der Waals surface area contributed by atoms with Crippen LogP contribution in [0, 0.1) is 5.82 Å². The lowest BCUT2D eigenvalue weighted by atomic mass is 10.1. The predicted molar refractivity (Wildman–Crippen MR) is 79.2 cm³/mol. The van der Waals surface area contributed by atoms with Crippen molar-refractivity contribution in [3.05, 3.63) is 42.5 Å². The minimum Gasteiger partial charge on any atom is -0.465 e. The van der Waals surface area contributed by atoms with Crippen LogP contribution in [0.15, 0.2) is 36.7 Å². The van der Waals surface area contributed by atoms with Crippen LogP contribution in [-0.4, -0.2) is 52.2 Å². The third-order valence-corrected chi connectivity index (χ3v) is 3.65. The van der Waals surface area contributed by atoms with Crippen molar-refractivity contribution in [2.75, 3.05) is 31.1 Å². The number of carbonyl (C=O) groups is 1. The SMILES string of the molecule is O=C(O)N1CCN(c2ncc(-c3ccc(F)cc3)cn2)CC1. The molecule has 1 aromatic heterocycles. The van der Waals surface area contributed by atoms with Gasteiger partial charge in [0.1, 0.15) is 5.82 Å². The summed E-state index contributed by atoms with van der Waals surface area (Å²) in [4.78, 5) is 22.9. The van der Waals surface area contributed by atoms with Gasteiger partial charge in [0.05, 0.1) is 0 Å². The maximum Gasteiger partial charge on any atom is 0.407 e. The van der Waals surface area contributed by atoms with E-state index in [4.69, 9.17) is 5.11 Å². The molecule has 3 rings (SSSR count). The molecule has 22 heavy (non-hydrogen) atoms. The van der Waals surface area contributed by atoms with Crippen LogP contribution in [0.25, 0.3) is 11.1 Å². The van der Waals surface area contributed by atoms with Crippen LogP contribution in [0.5, 0.6) is 0 Å². The molecule has 1 aromatic carbocycles. The molecule has 0 atom stereocenters. The van der Waals surface area contributed by atoms with Crippen molar-refractivity contribution in [3.63, 3.8) is 0 Å². The Hall–Kier alpha value is -2.70. The Labute approximate surface area is 126 Å². The van der Waals surface area contributed by atoms with E-state index in [1.54, 1.807) is 24.5 Å². The summed E-state index contributed by atoms with van der Waals surface area (Å²) < 4.78 is 12.9. The number of rotatable bonds is 2. The first-order chi connectivity index (χ1) is 10.6. The van der Waals surface area contributed by atoms with E-state index in [0.717, 1.165) is 11.1 Å². The average molecular weight is 302 g/mol. The highest BCUT2D eigenvalue weighted by Crippen LogP contribution is 2.19. The fourth-order valence-electron chi connectivity index (χ4n) is 2.37. The number of carboxylic acid groups (broad SMARTS) is 1. The second-order valence-electron chi connectivity index (χ2n) is 5.04. The molecule has 0 spiro atoms. The first-order valence-corrected chi connectivity index (χ1v) is 6.94. The molecule has 0 aliphatic carbocycles. The summed E-state index contributed by atoms with van der Waals surface area (Å²) in [7, 11) is 0. The standard InChI is InChI=1S/C15H15FN4O2/c16-13-3-1-11(2-4-13)12-9-17-14(18-10-12)19-5-7-20(8-6-19)15(21)22/h1-4,9-10H,5-8H2,(H,21,22). The molecule has 6 nitrogen and oxygen atoms in total. The number of hydrogen-bond donors (Lipinski definition) is 1. The van der Waals surface area contributed by atoms with Gasteiger partial charge in [0.25, 0.3) is 0 Å². The highest BCUT2D eigenvalue weighted by Gasteiger charge is 2.21. The number of amides is 1. The fraction of sp³-hybridized carbons (Fsp3) is 0.267. The van der Waals surface area contributed by atoms with Crippen LogP contribution in [0.3, 0.4) is 0 Å². The Morgan fingerprint density at radius 1 is 1.00 bits per heavy atom. The molecular weight excluding hydrogens is 287 g/mol. The minimum absolute atomic E-state index is 0.280. The van der Waals surface area contributed by atoms with E-state index in [1.807, 2.05) is 4.90 Å². The number of benzene rings is 1. The molecule has 1 amide bonds. The zero-order valence-electron chi connectivity index (χ0n) is 11.8. The Balaban J connectivity index is 1.70. The van der Waals surface area contributed by atoms with E-state index < -0.39 is 6.09 Å². The lowest BCUT2D eigenvalue weighted by molar-refractivity contribution is 0.142. The molecule has 114 valence electrons. The largest absolute Gasteiger partial charge is 0.465 e. The molecular formula is C15H15FN4O2. The van der Waals surface area contributed by atoms with Crippen molar-refractivity contribution < 1.29 is 14.3 Å². The second kappa shape index (κ2) is 5.97. The first kappa shape index (κ1) is 14.2. The minimum atomic E-state index is -0.896. The van der Waals surface area contributed by atoms with Crippen molar-refractivity contribution in [1.82, 2.24) is 14.9 Å². The van der Waals surface area contributed by atoms with Gasteiger partial charge in [0, 0.05) is 44.1 Å². The quantitative estimate of drug-likeness (QED) is 0.920. The maximum absolute atomic E-state index is 12.9. The lowest BCUT2D eigenvalue weighted by Crippen LogP contribution is -2.48. The zero-order chi connectivity index (χ0) is 15.5. The van der Waals surface area contributed by atoms with E-state index >= 15 is 0 Å². The highest BCUT2D eigenvalue weighted by atomic mass is 19.1.